The van der Waals surface area contributed by atoms with E-state index in [1.165, 1.54) is 33.3 Å². The molecule has 2 heterocycles. The summed E-state index contributed by atoms with van der Waals surface area (Å²) in [5, 5.41) is 11.6. The van der Waals surface area contributed by atoms with Crippen LogP contribution in [0.3, 0.4) is 0 Å². The molecule has 0 unspecified atom stereocenters. The van der Waals surface area contributed by atoms with Crippen molar-refractivity contribution in [2.45, 2.75) is 37.1 Å². The average molecular weight is 409 g/mol. The Morgan fingerprint density at radius 2 is 1.81 bits per heavy atom. The molecular formula is C28H28N2O. The van der Waals surface area contributed by atoms with Crippen molar-refractivity contribution in [2.75, 3.05) is 13.1 Å². The van der Waals surface area contributed by atoms with Gasteiger partial charge in [0.05, 0.1) is 0 Å². The lowest BCUT2D eigenvalue weighted by Gasteiger charge is -2.51. The normalized spacial score (nSPS) is 23.0. The zero-order chi connectivity index (χ0) is 20.8. The first-order valence-electron chi connectivity index (χ1n) is 11.4. The molecule has 0 amide bonds. The van der Waals surface area contributed by atoms with E-state index in [-0.39, 0.29) is 5.41 Å². The molecule has 1 fully saturated rings. The number of hydrogen-bond acceptors (Lipinski definition) is 2. The molecule has 1 aromatic heterocycles. The summed E-state index contributed by atoms with van der Waals surface area (Å²) in [7, 11) is 0. The fraction of sp³-hybridized carbons (Fsp3) is 0.286. The van der Waals surface area contributed by atoms with E-state index in [0.717, 1.165) is 38.8 Å². The minimum absolute atomic E-state index is 0.0418. The molecule has 2 N–H and O–H groups in total. The maximum Gasteiger partial charge on any atom is 0.115 e. The van der Waals surface area contributed by atoms with Crippen molar-refractivity contribution >= 4 is 10.9 Å². The second-order valence-corrected chi connectivity index (χ2v) is 9.24. The molecule has 4 aromatic rings. The van der Waals surface area contributed by atoms with Gasteiger partial charge in [0.1, 0.15) is 5.75 Å². The number of phenolic OH excluding ortho intramolecular Hbond substituents is 1. The van der Waals surface area contributed by atoms with Crippen LogP contribution in [-0.2, 0) is 18.3 Å². The van der Waals surface area contributed by atoms with Crippen LogP contribution in [0.15, 0.2) is 78.9 Å². The molecular weight excluding hydrogens is 380 g/mol. The number of H-pyrrole nitrogens is 1. The van der Waals surface area contributed by atoms with E-state index in [1.807, 2.05) is 12.1 Å². The van der Waals surface area contributed by atoms with E-state index in [0.29, 0.717) is 11.8 Å². The Bertz CT molecular complexity index is 1230. The van der Waals surface area contributed by atoms with Crippen LogP contribution in [0.4, 0.5) is 0 Å². The Balaban J connectivity index is 1.41. The SMILES string of the molecule is Oc1cccc([C@]23CCN(CCc4ccccc4)[C@H](Cc4[nH]c5ccccc5c42)C3)c1. The predicted molar refractivity (Wildman–Crippen MR) is 126 cm³/mol. The van der Waals surface area contributed by atoms with Crippen LogP contribution in [0.5, 0.6) is 5.75 Å². The van der Waals surface area contributed by atoms with Gasteiger partial charge in [0.25, 0.3) is 0 Å². The third kappa shape index (κ3) is 3.07. The van der Waals surface area contributed by atoms with Crippen LogP contribution in [0, 0.1) is 0 Å². The molecule has 1 saturated heterocycles. The lowest BCUT2D eigenvalue weighted by Crippen LogP contribution is -2.53. The quantitative estimate of drug-likeness (QED) is 0.473. The van der Waals surface area contributed by atoms with Gasteiger partial charge in [0.15, 0.2) is 0 Å². The van der Waals surface area contributed by atoms with Gasteiger partial charge in [-0.1, -0.05) is 60.7 Å². The van der Waals surface area contributed by atoms with E-state index in [2.05, 4.69) is 70.5 Å². The number of hydrogen-bond donors (Lipinski definition) is 2. The van der Waals surface area contributed by atoms with Crippen LogP contribution >= 0.6 is 0 Å². The second-order valence-electron chi connectivity index (χ2n) is 9.24. The zero-order valence-corrected chi connectivity index (χ0v) is 17.7. The maximum absolute atomic E-state index is 10.3. The molecule has 2 aliphatic rings. The first kappa shape index (κ1) is 18.7. The molecule has 1 aliphatic heterocycles. The summed E-state index contributed by atoms with van der Waals surface area (Å²) in [6.45, 7) is 2.19. The van der Waals surface area contributed by atoms with E-state index in [9.17, 15) is 5.11 Å². The summed E-state index contributed by atoms with van der Waals surface area (Å²) < 4.78 is 0. The maximum atomic E-state index is 10.3. The minimum atomic E-state index is -0.0418. The van der Waals surface area contributed by atoms with E-state index in [1.54, 1.807) is 6.07 Å². The fourth-order valence-corrected chi connectivity index (χ4v) is 6.13. The van der Waals surface area contributed by atoms with E-state index in [4.69, 9.17) is 0 Å². The van der Waals surface area contributed by atoms with Crippen molar-refractivity contribution in [3.63, 3.8) is 0 Å². The van der Waals surface area contributed by atoms with Gasteiger partial charge in [-0.3, -0.25) is 4.90 Å². The topological polar surface area (TPSA) is 39.3 Å². The highest BCUT2D eigenvalue weighted by Gasteiger charge is 2.48. The van der Waals surface area contributed by atoms with E-state index < -0.39 is 0 Å². The molecule has 6 rings (SSSR count). The monoisotopic (exact) mass is 408 g/mol. The number of likely N-dealkylation sites (tertiary alicyclic amines) is 1. The first-order valence-corrected chi connectivity index (χ1v) is 11.4. The Morgan fingerprint density at radius 1 is 0.968 bits per heavy atom. The van der Waals surface area contributed by atoms with Gasteiger partial charge in [-0.05, 0) is 60.7 Å². The number of aromatic hydroxyl groups is 1. The molecule has 3 heteroatoms. The molecule has 2 bridgehead atoms. The predicted octanol–water partition coefficient (Wildman–Crippen LogP) is 5.42. The van der Waals surface area contributed by atoms with Crippen LogP contribution in [-0.4, -0.2) is 34.1 Å². The highest BCUT2D eigenvalue weighted by molar-refractivity contribution is 5.87. The van der Waals surface area contributed by atoms with Crippen LogP contribution in [0.2, 0.25) is 0 Å². The molecule has 0 radical (unpaired) electrons. The number of para-hydroxylation sites is 1. The van der Waals surface area contributed by atoms with Crippen LogP contribution in [0.1, 0.15) is 35.2 Å². The summed E-state index contributed by atoms with van der Waals surface area (Å²) >= 11 is 0. The summed E-state index contributed by atoms with van der Waals surface area (Å²) in [4.78, 5) is 6.46. The first-order chi connectivity index (χ1) is 15.2. The van der Waals surface area contributed by atoms with E-state index >= 15 is 0 Å². The molecule has 1 aliphatic carbocycles. The third-order valence-electron chi connectivity index (χ3n) is 7.56. The number of piperidine rings is 1. The summed E-state index contributed by atoms with van der Waals surface area (Å²) in [6, 6.07) is 28.1. The number of fused-ring (bicyclic) bond motifs is 6. The number of benzene rings is 3. The van der Waals surface area contributed by atoms with Crippen molar-refractivity contribution in [3.05, 3.63) is 101 Å². The minimum Gasteiger partial charge on any atom is -0.508 e. The van der Waals surface area contributed by atoms with Gasteiger partial charge < -0.3 is 10.1 Å². The number of rotatable bonds is 4. The molecule has 156 valence electrons. The van der Waals surface area contributed by atoms with Gasteiger partial charge in [0, 0.05) is 41.0 Å². The highest BCUT2D eigenvalue weighted by Crippen LogP contribution is 2.52. The fourth-order valence-electron chi connectivity index (χ4n) is 6.13. The standard InChI is InChI=1S/C28H28N2O/c31-23-10-6-9-21(17-23)28-14-16-30(15-13-20-7-2-1-3-8-20)22(19-28)18-26-27(28)24-11-4-5-12-25(24)29-26/h1-12,17,22,29,31H,13-16,18-19H2/t22-,28-/m1/s1. The van der Waals surface area contributed by atoms with Crippen molar-refractivity contribution < 1.29 is 5.11 Å². The van der Waals surface area contributed by atoms with Gasteiger partial charge in [-0.15, -0.1) is 0 Å². The number of phenols is 1. The molecule has 3 nitrogen and oxygen atoms in total. The van der Waals surface area contributed by atoms with Crippen LogP contribution < -0.4 is 0 Å². The Morgan fingerprint density at radius 3 is 2.68 bits per heavy atom. The summed E-state index contributed by atoms with van der Waals surface area (Å²) in [5.41, 5.74) is 6.70. The third-order valence-corrected chi connectivity index (χ3v) is 7.56. The second kappa shape index (κ2) is 7.28. The zero-order valence-electron chi connectivity index (χ0n) is 17.7. The van der Waals surface area contributed by atoms with Gasteiger partial charge in [-0.2, -0.15) is 0 Å². The lowest BCUT2D eigenvalue weighted by molar-refractivity contribution is 0.0970. The summed E-state index contributed by atoms with van der Waals surface area (Å²) in [5.74, 6) is 0.363. The van der Waals surface area contributed by atoms with Crippen molar-refractivity contribution in [1.29, 1.82) is 0 Å². The van der Waals surface area contributed by atoms with Crippen LogP contribution in [0.25, 0.3) is 10.9 Å². The summed E-state index contributed by atoms with van der Waals surface area (Å²) in [6.07, 6.45) is 4.35. The van der Waals surface area contributed by atoms with Gasteiger partial charge in [-0.25, -0.2) is 0 Å². The van der Waals surface area contributed by atoms with Crippen molar-refractivity contribution in [2.24, 2.45) is 0 Å². The Hall–Kier alpha value is -3.04. The van der Waals surface area contributed by atoms with Gasteiger partial charge in [0.2, 0.25) is 0 Å². The Labute approximate surface area is 183 Å². The van der Waals surface area contributed by atoms with Crippen molar-refractivity contribution in [1.82, 2.24) is 9.88 Å². The number of nitrogens with zero attached hydrogens (tertiary/aromatic N) is 1. The molecule has 0 saturated carbocycles. The molecule has 2 atom stereocenters. The molecule has 0 spiro atoms. The average Bonchev–Trinajstić information content (AvgIpc) is 3.18. The lowest BCUT2D eigenvalue weighted by atomic mass is 9.61. The highest BCUT2D eigenvalue weighted by atomic mass is 16.3. The largest absolute Gasteiger partial charge is 0.508 e. The molecule has 31 heavy (non-hydrogen) atoms. The number of aromatic amines is 1. The molecule has 3 aromatic carbocycles. The van der Waals surface area contributed by atoms with Crippen molar-refractivity contribution in [3.8, 4) is 5.75 Å². The number of aromatic nitrogens is 1. The number of nitrogens with one attached hydrogen (secondary N) is 1. The smallest absolute Gasteiger partial charge is 0.115 e. The van der Waals surface area contributed by atoms with Gasteiger partial charge >= 0.3 is 0 Å². The Kier molecular flexibility index (Phi) is 4.39.